The van der Waals surface area contributed by atoms with Gasteiger partial charge in [0, 0.05) is 38.3 Å². The van der Waals surface area contributed by atoms with Gasteiger partial charge in [0.05, 0.1) is 12.7 Å². The molecule has 0 aromatic heterocycles. The van der Waals surface area contributed by atoms with Crippen molar-refractivity contribution in [3.8, 4) is 5.75 Å². The number of para-hydroxylation sites is 1. The number of ether oxygens (including phenoxy) is 3. The molecular weight excluding hydrogens is 387 g/mol. The standard InChI is InChI=1S/C20H28F3N3O3/c1-2-24-19(25-9-5-10-28-14-8-11-27-13-14)26-17-12-16(17)15-6-3-4-7-18(15)29-20(21,22)23/h3-4,6-7,14,16-17H,2,5,8-13H2,1H3,(H2,24,25,26). The third-order valence-electron chi connectivity index (χ3n) is 4.81. The van der Waals surface area contributed by atoms with Crippen LogP contribution in [-0.4, -0.2) is 57.4 Å². The number of hydrogen-bond acceptors (Lipinski definition) is 4. The van der Waals surface area contributed by atoms with Gasteiger partial charge in [-0.25, -0.2) is 0 Å². The SMILES string of the molecule is CCNC(=NCCCOC1CCOC1)NC1CC1c1ccccc1OC(F)(F)F. The van der Waals surface area contributed by atoms with Crippen molar-refractivity contribution in [2.24, 2.45) is 4.99 Å². The first-order valence-corrected chi connectivity index (χ1v) is 10.0. The summed E-state index contributed by atoms with van der Waals surface area (Å²) in [7, 11) is 0. The summed E-state index contributed by atoms with van der Waals surface area (Å²) in [5.41, 5.74) is 0.561. The van der Waals surface area contributed by atoms with Crippen LogP contribution in [0.4, 0.5) is 13.2 Å². The minimum absolute atomic E-state index is 0.0256. The zero-order valence-corrected chi connectivity index (χ0v) is 16.5. The van der Waals surface area contributed by atoms with Gasteiger partial charge in [0.15, 0.2) is 5.96 Å². The van der Waals surface area contributed by atoms with E-state index in [2.05, 4.69) is 20.4 Å². The van der Waals surface area contributed by atoms with Crippen molar-refractivity contribution >= 4 is 5.96 Å². The van der Waals surface area contributed by atoms with E-state index in [9.17, 15) is 13.2 Å². The Labute approximate surface area is 168 Å². The monoisotopic (exact) mass is 415 g/mol. The van der Waals surface area contributed by atoms with Crippen LogP contribution in [0.2, 0.25) is 0 Å². The molecule has 1 aliphatic heterocycles. The van der Waals surface area contributed by atoms with E-state index >= 15 is 0 Å². The van der Waals surface area contributed by atoms with Crippen LogP contribution in [-0.2, 0) is 9.47 Å². The van der Waals surface area contributed by atoms with Gasteiger partial charge in [0.25, 0.3) is 0 Å². The summed E-state index contributed by atoms with van der Waals surface area (Å²) < 4.78 is 53.1. The minimum atomic E-state index is -4.70. The molecule has 3 atom stereocenters. The Morgan fingerprint density at radius 1 is 1.31 bits per heavy atom. The van der Waals surface area contributed by atoms with Gasteiger partial charge in [0.1, 0.15) is 5.75 Å². The molecule has 2 aliphatic rings. The number of alkyl halides is 3. The lowest BCUT2D eigenvalue weighted by atomic mass is 10.1. The predicted octanol–water partition coefficient (Wildman–Crippen LogP) is 3.19. The highest BCUT2D eigenvalue weighted by molar-refractivity contribution is 5.80. The average molecular weight is 415 g/mol. The molecule has 0 spiro atoms. The fourth-order valence-corrected chi connectivity index (χ4v) is 3.35. The molecule has 1 saturated heterocycles. The van der Waals surface area contributed by atoms with Crippen LogP contribution < -0.4 is 15.4 Å². The van der Waals surface area contributed by atoms with Crippen LogP contribution >= 0.6 is 0 Å². The van der Waals surface area contributed by atoms with E-state index in [-0.39, 0.29) is 23.8 Å². The number of nitrogens with zero attached hydrogens (tertiary/aromatic N) is 1. The fraction of sp³-hybridized carbons (Fsp3) is 0.650. The second-order valence-electron chi connectivity index (χ2n) is 7.15. The summed E-state index contributed by atoms with van der Waals surface area (Å²) in [4.78, 5) is 4.54. The zero-order valence-electron chi connectivity index (χ0n) is 16.5. The van der Waals surface area contributed by atoms with Gasteiger partial charge in [0.2, 0.25) is 0 Å². The number of halogens is 3. The average Bonchev–Trinajstić information content (AvgIpc) is 3.21. The molecule has 1 aromatic rings. The molecule has 1 aromatic carbocycles. The quantitative estimate of drug-likeness (QED) is 0.369. The lowest BCUT2D eigenvalue weighted by Gasteiger charge is -2.14. The molecule has 3 unspecified atom stereocenters. The van der Waals surface area contributed by atoms with Crippen LogP contribution in [0, 0.1) is 0 Å². The van der Waals surface area contributed by atoms with Crippen molar-refractivity contribution in [1.29, 1.82) is 0 Å². The molecule has 6 nitrogen and oxygen atoms in total. The highest BCUT2D eigenvalue weighted by Gasteiger charge is 2.42. The Morgan fingerprint density at radius 3 is 2.86 bits per heavy atom. The normalized spacial score (nSPS) is 24.4. The molecular formula is C20H28F3N3O3. The Balaban J connectivity index is 1.48. The highest BCUT2D eigenvalue weighted by Crippen LogP contribution is 2.45. The van der Waals surface area contributed by atoms with Crippen molar-refractivity contribution < 1.29 is 27.4 Å². The molecule has 162 valence electrons. The minimum Gasteiger partial charge on any atom is -0.405 e. The topological polar surface area (TPSA) is 64.1 Å². The molecule has 1 saturated carbocycles. The highest BCUT2D eigenvalue weighted by atomic mass is 19.4. The van der Waals surface area contributed by atoms with E-state index in [1.165, 1.54) is 6.07 Å². The van der Waals surface area contributed by atoms with Crippen molar-refractivity contribution in [3.05, 3.63) is 29.8 Å². The van der Waals surface area contributed by atoms with E-state index in [0.29, 0.717) is 37.8 Å². The third-order valence-corrected chi connectivity index (χ3v) is 4.81. The van der Waals surface area contributed by atoms with Crippen molar-refractivity contribution in [2.45, 2.75) is 50.6 Å². The summed E-state index contributed by atoms with van der Waals surface area (Å²) in [5.74, 6) is 0.491. The van der Waals surface area contributed by atoms with E-state index in [1.807, 2.05) is 6.92 Å². The van der Waals surface area contributed by atoms with Crippen LogP contribution in [0.1, 0.15) is 37.7 Å². The number of aliphatic imine (C=N–C) groups is 1. The van der Waals surface area contributed by atoms with Crippen LogP contribution in [0.3, 0.4) is 0 Å². The summed E-state index contributed by atoms with van der Waals surface area (Å²) in [5, 5.41) is 6.48. The van der Waals surface area contributed by atoms with Crippen LogP contribution in [0.5, 0.6) is 5.75 Å². The molecule has 0 bridgehead atoms. The fourth-order valence-electron chi connectivity index (χ4n) is 3.35. The molecule has 0 amide bonds. The van der Waals surface area contributed by atoms with Gasteiger partial charge in [-0.15, -0.1) is 13.2 Å². The second kappa shape index (κ2) is 10.2. The Kier molecular flexibility index (Phi) is 7.60. The predicted molar refractivity (Wildman–Crippen MR) is 103 cm³/mol. The van der Waals surface area contributed by atoms with Gasteiger partial charge in [-0.1, -0.05) is 18.2 Å². The van der Waals surface area contributed by atoms with E-state index < -0.39 is 6.36 Å². The maximum atomic E-state index is 12.6. The van der Waals surface area contributed by atoms with E-state index in [4.69, 9.17) is 9.47 Å². The van der Waals surface area contributed by atoms with Gasteiger partial charge < -0.3 is 24.8 Å². The Hall–Kier alpha value is -2.00. The molecule has 29 heavy (non-hydrogen) atoms. The lowest BCUT2D eigenvalue weighted by Crippen LogP contribution is -2.39. The maximum absolute atomic E-state index is 12.6. The van der Waals surface area contributed by atoms with Gasteiger partial charge >= 0.3 is 6.36 Å². The smallest absolute Gasteiger partial charge is 0.405 e. The first-order chi connectivity index (χ1) is 14.0. The van der Waals surface area contributed by atoms with Crippen molar-refractivity contribution in [1.82, 2.24) is 10.6 Å². The first kappa shape index (κ1) is 21.7. The third kappa shape index (κ3) is 7.08. The molecule has 0 radical (unpaired) electrons. The van der Waals surface area contributed by atoms with E-state index in [1.54, 1.807) is 18.2 Å². The number of hydrogen-bond donors (Lipinski definition) is 2. The largest absolute Gasteiger partial charge is 0.573 e. The van der Waals surface area contributed by atoms with E-state index in [0.717, 1.165) is 25.9 Å². The van der Waals surface area contributed by atoms with Crippen molar-refractivity contribution in [3.63, 3.8) is 0 Å². The van der Waals surface area contributed by atoms with Crippen molar-refractivity contribution in [2.75, 3.05) is 32.9 Å². The summed E-state index contributed by atoms with van der Waals surface area (Å²) in [6.07, 6.45) is -2.04. The van der Waals surface area contributed by atoms with Crippen LogP contribution in [0.15, 0.2) is 29.3 Å². The Morgan fingerprint density at radius 2 is 2.14 bits per heavy atom. The maximum Gasteiger partial charge on any atom is 0.573 e. The molecule has 9 heteroatoms. The van der Waals surface area contributed by atoms with Gasteiger partial charge in [-0.3, -0.25) is 4.99 Å². The number of benzene rings is 1. The first-order valence-electron chi connectivity index (χ1n) is 10.0. The number of nitrogens with one attached hydrogen (secondary N) is 2. The molecule has 1 aliphatic carbocycles. The summed E-state index contributed by atoms with van der Waals surface area (Å²) in [6.45, 7) is 5.33. The number of rotatable bonds is 9. The molecule has 3 rings (SSSR count). The second-order valence-corrected chi connectivity index (χ2v) is 7.15. The molecule has 2 N–H and O–H groups in total. The Bertz CT molecular complexity index is 678. The summed E-state index contributed by atoms with van der Waals surface area (Å²) >= 11 is 0. The lowest BCUT2D eigenvalue weighted by molar-refractivity contribution is -0.274. The van der Waals surface area contributed by atoms with Crippen LogP contribution in [0.25, 0.3) is 0 Å². The van der Waals surface area contributed by atoms with Gasteiger partial charge in [-0.05, 0) is 37.8 Å². The molecule has 1 heterocycles. The summed E-state index contributed by atoms with van der Waals surface area (Å²) in [6, 6.07) is 6.33. The zero-order chi connectivity index (χ0) is 20.7. The van der Waals surface area contributed by atoms with Gasteiger partial charge in [-0.2, -0.15) is 0 Å². The molecule has 2 fully saturated rings. The number of guanidine groups is 1.